The van der Waals surface area contributed by atoms with E-state index in [-0.39, 0.29) is 5.41 Å². The molecule has 0 spiro atoms. The topological polar surface area (TPSA) is 26.3 Å². The molecule has 1 saturated heterocycles. The summed E-state index contributed by atoms with van der Waals surface area (Å²) in [7, 11) is 0. The summed E-state index contributed by atoms with van der Waals surface area (Å²) < 4.78 is 5.52. The van der Waals surface area contributed by atoms with Crippen molar-refractivity contribution >= 4 is 5.78 Å². The Bertz CT molecular complexity index is 197. The minimum absolute atomic E-state index is 0.140. The van der Waals surface area contributed by atoms with Crippen LogP contribution < -0.4 is 0 Å². The molecule has 1 fully saturated rings. The smallest absolute Gasteiger partial charge is 0.133 e. The second kappa shape index (κ2) is 5.64. The van der Waals surface area contributed by atoms with Crippen molar-refractivity contribution in [1.29, 1.82) is 0 Å². The number of carbonyl (C=O) groups excluding carboxylic acids is 1. The van der Waals surface area contributed by atoms with Crippen LogP contribution in [0.25, 0.3) is 0 Å². The highest BCUT2D eigenvalue weighted by Crippen LogP contribution is 2.22. The first kappa shape index (κ1) is 12.7. The van der Waals surface area contributed by atoms with E-state index in [2.05, 4.69) is 20.8 Å². The minimum atomic E-state index is 0.140. The number of hydrogen-bond acceptors (Lipinski definition) is 2. The Morgan fingerprint density at radius 3 is 2.67 bits per heavy atom. The van der Waals surface area contributed by atoms with E-state index >= 15 is 0 Å². The third kappa shape index (κ3) is 5.93. The molecule has 88 valence electrons. The zero-order valence-electron chi connectivity index (χ0n) is 10.3. The second-order valence-electron chi connectivity index (χ2n) is 5.80. The van der Waals surface area contributed by atoms with Gasteiger partial charge in [0.1, 0.15) is 5.78 Å². The van der Waals surface area contributed by atoms with Crippen molar-refractivity contribution in [3.05, 3.63) is 0 Å². The summed E-state index contributed by atoms with van der Waals surface area (Å²) in [5.74, 6) is 0.403. The summed E-state index contributed by atoms with van der Waals surface area (Å²) in [6.07, 6.45) is 6.33. The summed E-state index contributed by atoms with van der Waals surface area (Å²) in [5, 5.41) is 0. The molecule has 0 radical (unpaired) electrons. The third-order valence-corrected chi connectivity index (χ3v) is 2.73. The maximum atomic E-state index is 11.6. The van der Waals surface area contributed by atoms with Crippen LogP contribution in [0.1, 0.15) is 59.3 Å². The fourth-order valence-electron chi connectivity index (χ4n) is 2.08. The van der Waals surface area contributed by atoms with Gasteiger partial charge in [-0.3, -0.25) is 4.79 Å². The van der Waals surface area contributed by atoms with Gasteiger partial charge in [0.2, 0.25) is 0 Å². The summed E-state index contributed by atoms with van der Waals surface area (Å²) in [6.45, 7) is 7.27. The molecule has 1 unspecified atom stereocenters. The number of ketones is 1. The Hall–Kier alpha value is -0.370. The van der Waals surface area contributed by atoms with Gasteiger partial charge in [0, 0.05) is 19.4 Å². The molecule has 2 heteroatoms. The number of hydrogen-bond donors (Lipinski definition) is 0. The highest BCUT2D eigenvalue weighted by atomic mass is 16.5. The van der Waals surface area contributed by atoms with Gasteiger partial charge in [-0.05, 0) is 31.1 Å². The Labute approximate surface area is 93.4 Å². The quantitative estimate of drug-likeness (QED) is 0.698. The molecule has 0 aromatic rings. The second-order valence-corrected chi connectivity index (χ2v) is 5.80. The van der Waals surface area contributed by atoms with Crippen molar-refractivity contribution in [2.45, 2.75) is 65.4 Å². The van der Waals surface area contributed by atoms with E-state index in [0.717, 1.165) is 25.9 Å². The molecule has 1 aliphatic heterocycles. The molecule has 1 aliphatic rings. The number of Topliss-reactive ketones (excluding diaryl/α,β-unsaturated/α-hetero) is 1. The largest absolute Gasteiger partial charge is 0.378 e. The van der Waals surface area contributed by atoms with E-state index in [1.165, 1.54) is 12.8 Å². The summed E-state index contributed by atoms with van der Waals surface area (Å²) in [6, 6.07) is 0. The van der Waals surface area contributed by atoms with Gasteiger partial charge in [0.05, 0.1) is 6.10 Å². The monoisotopic (exact) mass is 212 g/mol. The third-order valence-electron chi connectivity index (χ3n) is 2.73. The average molecular weight is 212 g/mol. The Morgan fingerprint density at radius 2 is 2.13 bits per heavy atom. The van der Waals surface area contributed by atoms with Gasteiger partial charge in [-0.15, -0.1) is 0 Å². The van der Waals surface area contributed by atoms with Crippen molar-refractivity contribution in [1.82, 2.24) is 0 Å². The van der Waals surface area contributed by atoms with Crippen molar-refractivity contribution in [2.75, 3.05) is 6.61 Å². The number of rotatable bonds is 5. The number of carbonyl (C=O) groups is 1. The van der Waals surface area contributed by atoms with Gasteiger partial charge in [-0.2, -0.15) is 0 Å². The predicted octanol–water partition coefficient (Wildman–Crippen LogP) is 3.34. The maximum Gasteiger partial charge on any atom is 0.133 e. The van der Waals surface area contributed by atoms with E-state index in [1.54, 1.807) is 0 Å². The Morgan fingerprint density at radius 1 is 1.40 bits per heavy atom. The lowest BCUT2D eigenvalue weighted by molar-refractivity contribution is -0.120. The highest BCUT2D eigenvalue weighted by Gasteiger charge is 2.18. The molecule has 1 atom stereocenters. The molecule has 0 aromatic heterocycles. The molecule has 0 aromatic carbocycles. The summed E-state index contributed by atoms with van der Waals surface area (Å²) in [4.78, 5) is 11.6. The maximum absolute atomic E-state index is 11.6. The van der Waals surface area contributed by atoms with E-state index in [9.17, 15) is 4.79 Å². The van der Waals surface area contributed by atoms with Gasteiger partial charge in [-0.1, -0.05) is 20.8 Å². The molecule has 0 saturated carbocycles. The van der Waals surface area contributed by atoms with Crippen LogP contribution in [-0.2, 0) is 9.53 Å². The van der Waals surface area contributed by atoms with E-state index in [4.69, 9.17) is 4.74 Å². The predicted molar refractivity (Wildman–Crippen MR) is 61.9 cm³/mol. The Kier molecular flexibility index (Phi) is 4.78. The zero-order chi connectivity index (χ0) is 11.3. The molecule has 0 bridgehead atoms. The van der Waals surface area contributed by atoms with Crippen molar-refractivity contribution in [3.63, 3.8) is 0 Å². The highest BCUT2D eigenvalue weighted by molar-refractivity contribution is 5.78. The van der Waals surface area contributed by atoms with E-state index < -0.39 is 0 Å². The molecule has 0 aliphatic carbocycles. The van der Waals surface area contributed by atoms with Crippen molar-refractivity contribution in [3.8, 4) is 0 Å². The van der Waals surface area contributed by atoms with Crippen LogP contribution in [0, 0.1) is 5.41 Å². The van der Waals surface area contributed by atoms with Crippen molar-refractivity contribution < 1.29 is 9.53 Å². The van der Waals surface area contributed by atoms with Crippen LogP contribution in [0.5, 0.6) is 0 Å². The fraction of sp³-hybridized carbons (Fsp3) is 0.923. The molecule has 1 heterocycles. The van der Waals surface area contributed by atoms with Crippen LogP contribution in [0.4, 0.5) is 0 Å². The van der Waals surface area contributed by atoms with Crippen LogP contribution in [0.2, 0.25) is 0 Å². The molecule has 2 nitrogen and oxygen atoms in total. The summed E-state index contributed by atoms with van der Waals surface area (Å²) >= 11 is 0. The first-order valence-electron chi connectivity index (χ1n) is 6.11. The minimum Gasteiger partial charge on any atom is -0.378 e. The summed E-state index contributed by atoms with van der Waals surface area (Å²) in [5.41, 5.74) is 0.140. The van der Waals surface area contributed by atoms with E-state index in [0.29, 0.717) is 18.3 Å². The zero-order valence-corrected chi connectivity index (χ0v) is 10.3. The SMILES string of the molecule is CC(C)(C)CC(=O)CCCC1CCCO1. The van der Waals surface area contributed by atoms with Crippen LogP contribution in [0.15, 0.2) is 0 Å². The molecule has 0 amide bonds. The van der Waals surface area contributed by atoms with Gasteiger partial charge >= 0.3 is 0 Å². The molecular weight excluding hydrogens is 188 g/mol. The van der Waals surface area contributed by atoms with Gasteiger partial charge in [0.25, 0.3) is 0 Å². The molecular formula is C13H24O2. The molecule has 15 heavy (non-hydrogen) atoms. The normalized spacial score (nSPS) is 21.9. The van der Waals surface area contributed by atoms with Gasteiger partial charge in [0.15, 0.2) is 0 Å². The Balaban J connectivity index is 2.06. The lowest BCUT2D eigenvalue weighted by Gasteiger charge is -2.16. The first-order valence-corrected chi connectivity index (χ1v) is 6.11. The van der Waals surface area contributed by atoms with Crippen molar-refractivity contribution in [2.24, 2.45) is 5.41 Å². The molecule has 0 N–H and O–H groups in total. The van der Waals surface area contributed by atoms with Crippen LogP contribution in [-0.4, -0.2) is 18.5 Å². The number of ether oxygens (including phenoxy) is 1. The first-order chi connectivity index (χ1) is 6.97. The van der Waals surface area contributed by atoms with Crippen LogP contribution >= 0.6 is 0 Å². The standard InChI is InChI=1S/C13H24O2/c1-13(2,3)10-11(14)6-4-7-12-8-5-9-15-12/h12H,4-10H2,1-3H3. The average Bonchev–Trinajstić information content (AvgIpc) is 2.53. The lowest BCUT2D eigenvalue weighted by Crippen LogP contribution is -2.13. The van der Waals surface area contributed by atoms with Gasteiger partial charge < -0.3 is 4.74 Å². The van der Waals surface area contributed by atoms with Gasteiger partial charge in [-0.25, -0.2) is 0 Å². The lowest BCUT2D eigenvalue weighted by atomic mass is 9.88. The van der Waals surface area contributed by atoms with E-state index in [1.807, 2.05) is 0 Å². The molecule has 1 rings (SSSR count). The fourth-order valence-corrected chi connectivity index (χ4v) is 2.08. The van der Waals surface area contributed by atoms with Crippen LogP contribution in [0.3, 0.4) is 0 Å².